The molecule has 1 aliphatic rings. The molecule has 2 unspecified atom stereocenters. The van der Waals surface area contributed by atoms with Crippen LogP contribution in [-0.4, -0.2) is 43.1 Å². The van der Waals surface area contributed by atoms with Crippen molar-refractivity contribution in [1.29, 1.82) is 0 Å². The maximum Gasteiger partial charge on any atom is 0.310 e. The van der Waals surface area contributed by atoms with Gasteiger partial charge in [0, 0.05) is 31.4 Å². The van der Waals surface area contributed by atoms with E-state index in [2.05, 4.69) is 29.3 Å². The van der Waals surface area contributed by atoms with Gasteiger partial charge >= 0.3 is 5.69 Å². The zero-order valence-electron chi connectivity index (χ0n) is 16.0. The Labute approximate surface area is 165 Å². The summed E-state index contributed by atoms with van der Waals surface area (Å²) < 4.78 is 23.9. The third-order valence-electron chi connectivity index (χ3n) is 5.18. The van der Waals surface area contributed by atoms with Crippen molar-refractivity contribution in [3.63, 3.8) is 0 Å². The number of piperidine rings is 1. The number of likely N-dealkylation sites (tertiary alicyclic amines) is 1. The van der Waals surface area contributed by atoms with E-state index in [1.807, 2.05) is 18.2 Å². The number of sulfone groups is 1. The number of para-hydroxylation sites is 1. The summed E-state index contributed by atoms with van der Waals surface area (Å²) >= 11 is 0. The van der Waals surface area contributed by atoms with Crippen LogP contribution >= 0.6 is 0 Å². The Morgan fingerprint density at radius 3 is 2.50 bits per heavy atom. The van der Waals surface area contributed by atoms with E-state index in [4.69, 9.17) is 0 Å². The predicted molar refractivity (Wildman–Crippen MR) is 109 cm³/mol. The van der Waals surface area contributed by atoms with Crippen LogP contribution in [0.2, 0.25) is 0 Å². The van der Waals surface area contributed by atoms with Gasteiger partial charge in [-0.15, -0.1) is 0 Å². The van der Waals surface area contributed by atoms with Crippen molar-refractivity contribution < 1.29 is 13.3 Å². The van der Waals surface area contributed by atoms with E-state index in [1.54, 1.807) is 12.1 Å². The fourth-order valence-corrected chi connectivity index (χ4v) is 4.61. The second kappa shape index (κ2) is 8.28. The Kier molecular flexibility index (Phi) is 6.00. The standard InChI is InChI=1S/C20H25N3O4S/c1-15-13-17(11-12-22(15)14-16-7-4-3-5-8-16)21-18-9-6-10-19(28(2,26)27)20(18)23(24)25/h3-10,15,17,21H,11-14H2,1-2H3. The maximum absolute atomic E-state index is 11.9. The van der Waals surface area contributed by atoms with Crippen molar-refractivity contribution in [2.45, 2.75) is 43.3 Å². The Morgan fingerprint density at radius 2 is 1.89 bits per heavy atom. The van der Waals surface area contributed by atoms with Gasteiger partial charge in [0.05, 0.1) is 4.92 Å². The second-order valence-corrected chi connectivity index (χ2v) is 9.34. The monoisotopic (exact) mass is 403 g/mol. The van der Waals surface area contributed by atoms with Crippen molar-refractivity contribution in [2.24, 2.45) is 0 Å². The van der Waals surface area contributed by atoms with Crippen LogP contribution in [0.4, 0.5) is 11.4 Å². The first-order valence-corrected chi connectivity index (χ1v) is 11.2. The Balaban J connectivity index is 1.73. The van der Waals surface area contributed by atoms with Crippen LogP contribution < -0.4 is 5.32 Å². The first-order chi connectivity index (χ1) is 13.3. The minimum absolute atomic E-state index is 0.0514. The molecular weight excluding hydrogens is 378 g/mol. The van der Waals surface area contributed by atoms with E-state index in [0.29, 0.717) is 6.04 Å². The van der Waals surface area contributed by atoms with Crippen LogP contribution in [0.5, 0.6) is 0 Å². The molecule has 1 heterocycles. The Hall–Kier alpha value is -2.45. The van der Waals surface area contributed by atoms with Gasteiger partial charge in [0.25, 0.3) is 0 Å². The van der Waals surface area contributed by atoms with Crippen molar-refractivity contribution in [3.8, 4) is 0 Å². The highest BCUT2D eigenvalue weighted by atomic mass is 32.2. The molecule has 3 rings (SSSR count). The summed E-state index contributed by atoms with van der Waals surface area (Å²) in [5.41, 5.74) is 1.16. The normalized spacial score (nSPS) is 20.6. The summed E-state index contributed by atoms with van der Waals surface area (Å²) in [5, 5.41) is 14.8. The van der Waals surface area contributed by atoms with Crippen molar-refractivity contribution in [3.05, 3.63) is 64.2 Å². The molecule has 2 aromatic rings. The third-order valence-corrected chi connectivity index (χ3v) is 6.31. The number of nitrogens with one attached hydrogen (secondary N) is 1. The van der Waals surface area contributed by atoms with Crippen LogP contribution in [-0.2, 0) is 16.4 Å². The molecule has 7 nitrogen and oxygen atoms in total. The molecule has 0 aromatic heterocycles. The number of hydrogen-bond acceptors (Lipinski definition) is 6. The molecule has 0 spiro atoms. The van der Waals surface area contributed by atoms with Crippen molar-refractivity contribution in [1.82, 2.24) is 4.90 Å². The molecule has 2 atom stereocenters. The molecule has 150 valence electrons. The van der Waals surface area contributed by atoms with Gasteiger partial charge in [0.2, 0.25) is 0 Å². The molecule has 1 N–H and O–H groups in total. The Bertz CT molecular complexity index is 947. The van der Waals surface area contributed by atoms with E-state index in [-0.39, 0.29) is 22.3 Å². The summed E-state index contributed by atoms with van der Waals surface area (Å²) in [6.45, 7) is 3.89. The number of nitro groups is 1. The molecule has 2 aromatic carbocycles. The smallest absolute Gasteiger partial charge is 0.310 e. The van der Waals surface area contributed by atoms with E-state index >= 15 is 0 Å². The summed E-state index contributed by atoms with van der Waals surface area (Å²) in [5.74, 6) is 0. The number of anilines is 1. The third kappa shape index (κ3) is 4.69. The van der Waals surface area contributed by atoms with E-state index < -0.39 is 14.8 Å². The lowest BCUT2D eigenvalue weighted by Gasteiger charge is -2.38. The van der Waals surface area contributed by atoms with E-state index in [0.717, 1.165) is 32.2 Å². The first-order valence-electron chi connectivity index (χ1n) is 9.27. The van der Waals surface area contributed by atoms with Gasteiger partial charge in [0.1, 0.15) is 10.6 Å². The molecule has 0 bridgehead atoms. The predicted octanol–water partition coefficient (Wildman–Crippen LogP) is 3.46. The lowest BCUT2D eigenvalue weighted by atomic mass is 9.97. The molecule has 0 aliphatic carbocycles. The average Bonchev–Trinajstić information content (AvgIpc) is 2.64. The number of benzene rings is 2. The highest BCUT2D eigenvalue weighted by molar-refractivity contribution is 7.90. The van der Waals surface area contributed by atoms with Crippen LogP contribution in [0.3, 0.4) is 0 Å². The fourth-order valence-electron chi connectivity index (χ4n) is 3.75. The molecule has 8 heteroatoms. The topological polar surface area (TPSA) is 92.5 Å². The minimum Gasteiger partial charge on any atom is -0.377 e. The van der Waals surface area contributed by atoms with Crippen LogP contribution in [0.25, 0.3) is 0 Å². The van der Waals surface area contributed by atoms with Crippen molar-refractivity contribution >= 4 is 21.2 Å². The highest BCUT2D eigenvalue weighted by Gasteiger charge is 2.30. The number of rotatable bonds is 6. The number of nitrogens with zero attached hydrogens (tertiary/aromatic N) is 2. The van der Waals surface area contributed by atoms with Crippen molar-refractivity contribution in [2.75, 3.05) is 18.1 Å². The second-order valence-electron chi connectivity index (χ2n) is 7.35. The molecule has 1 aliphatic heterocycles. The highest BCUT2D eigenvalue weighted by Crippen LogP contribution is 2.34. The Morgan fingerprint density at radius 1 is 1.18 bits per heavy atom. The van der Waals surface area contributed by atoms with Gasteiger partial charge < -0.3 is 5.32 Å². The molecule has 28 heavy (non-hydrogen) atoms. The number of hydrogen-bond donors (Lipinski definition) is 1. The molecule has 0 radical (unpaired) electrons. The SMILES string of the molecule is CC1CC(Nc2cccc(S(C)(=O)=O)c2[N+](=O)[O-])CCN1Cc1ccccc1. The molecule has 0 saturated carbocycles. The van der Waals surface area contributed by atoms with Gasteiger partial charge in [-0.3, -0.25) is 15.0 Å². The van der Waals surface area contributed by atoms with Gasteiger partial charge in [-0.05, 0) is 37.5 Å². The summed E-state index contributed by atoms with van der Waals surface area (Å²) in [6, 6.07) is 15.0. The van der Waals surface area contributed by atoms with Gasteiger partial charge in [0.15, 0.2) is 9.84 Å². The molecule has 1 saturated heterocycles. The van der Waals surface area contributed by atoms with Gasteiger partial charge in [-0.1, -0.05) is 36.4 Å². The summed E-state index contributed by atoms with van der Waals surface area (Å²) in [7, 11) is -3.69. The first kappa shape index (κ1) is 20.3. The quantitative estimate of drug-likeness (QED) is 0.586. The fraction of sp³-hybridized carbons (Fsp3) is 0.400. The zero-order valence-corrected chi connectivity index (χ0v) is 16.9. The van der Waals surface area contributed by atoms with E-state index in [1.165, 1.54) is 11.6 Å². The average molecular weight is 404 g/mol. The largest absolute Gasteiger partial charge is 0.377 e. The molecule has 0 amide bonds. The lowest BCUT2D eigenvalue weighted by molar-refractivity contribution is -0.386. The molecular formula is C20H25N3O4S. The van der Waals surface area contributed by atoms with Crippen LogP contribution in [0, 0.1) is 10.1 Å². The summed E-state index contributed by atoms with van der Waals surface area (Å²) in [6.07, 6.45) is 2.65. The molecule has 1 fully saturated rings. The van der Waals surface area contributed by atoms with Gasteiger partial charge in [-0.25, -0.2) is 8.42 Å². The van der Waals surface area contributed by atoms with E-state index in [9.17, 15) is 18.5 Å². The number of nitro benzene ring substituents is 1. The lowest BCUT2D eigenvalue weighted by Crippen LogP contribution is -2.44. The minimum atomic E-state index is -3.69. The zero-order chi connectivity index (χ0) is 20.3. The van der Waals surface area contributed by atoms with Gasteiger partial charge in [-0.2, -0.15) is 0 Å². The summed E-state index contributed by atoms with van der Waals surface area (Å²) in [4.78, 5) is 13.1. The van der Waals surface area contributed by atoms with Crippen LogP contribution in [0.1, 0.15) is 25.3 Å². The van der Waals surface area contributed by atoms with Crippen LogP contribution in [0.15, 0.2) is 53.4 Å². The maximum atomic E-state index is 11.9.